The van der Waals surface area contributed by atoms with Crippen LogP contribution in [0.3, 0.4) is 0 Å². The lowest BCUT2D eigenvalue weighted by atomic mass is 10.0. The number of nitrogens with zero attached hydrogens (tertiary/aromatic N) is 2. The molecule has 1 atom stereocenters. The number of nitrogens with one attached hydrogen (secondary N) is 1. The molecule has 0 aliphatic carbocycles. The van der Waals surface area contributed by atoms with Crippen LogP contribution in [0.4, 0.5) is 0 Å². The van der Waals surface area contributed by atoms with Crippen molar-refractivity contribution < 1.29 is 0 Å². The summed E-state index contributed by atoms with van der Waals surface area (Å²) in [5.74, 6) is 0. The Kier molecular flexibility index (Phi) is 5.80. The second-order valence-electron chi connectivity index (χ2n) is 5.56. The van der Waals surface area contributed by atoms with Gasteiger partial charge in [0.1, 0.15) is 0 Å². The Bertz CT molecular complexity index is 353. The number of pyridine rings is 1. The van der Waals surface area contributed by atoms with Crippen LogP contribution in [-0.2, 0) is 0 Å². The van der Waals surface area contributed by atoms with Gasteiger partial charge in [-0.05, 0) is 37.9 Å². The first-order chi connectivity index (χ1) is 9.31. The predicted molar refractivity (Wildman–Crippen MR) is 80.3 cm³/mol. The highest BCUT2D eigenvalue weighted by Gasteiger charge is 2.21. The van der Waals surface area contributed by atoms with Crippen molar-refractivity contribution in [1.29, 1.82) is 0 Å². The molecule has 2 rings (SSSR count). The fourth-order valence-electron chi connectivity index (χ4n) is 2.77. The van der Waals surface area contributed by atoms with Crippen molar-refractivity contribution in [2.24, 2.45) is 0 Å². The molecule has 1 aliphatic heterocycles. The summed E-state index contributed by atoms with van der Waals surface area (Å²) in [6.07, 6.45) is 7.02. The van der Waals surface area contributed by atoms with E-state index in [1.165, 1.54) is 43.5 Å². The van der Waals surface area contributed by atoms with Crippen molar-refractivity contribution in [3.63, 3.8) is 0 Å². The maximum Gasteiger partial charge on any atom is 0.0575 e. The van der Waals surface area contributed by atoms with E-state index in [1.807, 2.05) is 6.20 Å². The molecule has 1 fully saturated rings. The first-order valence-electron chi connectivity index (χ1n) is 7.68. The van der Waals surface area contributed by atoms with E-state index in [-0.39, 0.29) is 0 Å². The Labute approximate surface area is 117 Å². The van der Waals surface area contributed by atoms with Gasteiger partial charge in [-0.15, -0.1) is 0 Å². The molecule has 0 bridgehead atoms. The smallest absolute Gasteiger partial charge is 0.0575 e. The van der Waals surface area contributed by atoms with E-state index < -0.39 is 0 Å². The van der Waals surface area contributed by atoms with Crippen LogP contribution < -0.4 is 5.32 Å². The summed E-state index contributed by atoms with van der Waals surface area (Å²) in [7, 11) is 0. The van der Waals surface area contributed by atoms with Crippen molar-refractivity contribution >= 4 is 0 Å². The molecule has 1 aromatic rings. The monoisotopic (exact) mass is 261 g/mol. The largest absolute Gasteiger partial charge is 0.315 e. The van der Waals surface area contributed by atoms with Crippen LogP contribution >= 0.6 is 0 Å². The van der Waals surface area contributed by atoms with Gasteiger partial charge in [-0.2, -0.15) is 0 Å². The van der Waals surface area contributed by atoms with Crippen LogP contribution in [0.1, 0.15) is 49.9 Å². The molecule has 0 saturated carbocycles. The van der Waals surface area contributed by atoms with Crippen LogP contribution in [0.5, 0.6) is 0 Å². The zero-order valence-electron chi connectivity index (χ0n) is 12.4. The SMILES string of the molecule is CCCCC(c1ccc(C)cn1)N1CCCNCC1. The molecule has 1 aliphatic rings. The van der Waals surface area contributed by atoms with E-state index in [0.717, 1.165) is 19.6 Å². The van der Waals surface area contributed by atoms with Crippen molar-refractivity contribution in [1.82, 2.24) is 15.2 Å². The summed E-state index contributed by atoms with van der Waals surface area (Å²) in [5.41, 5.74) is 2.50. The number of aromatic nitrogens is 1. The first kappa shape index (κ1) is 14.5. The number of hydrogen-bond acceptors (Lipinski definition) is 3. The van der Waals surface area contributed by atoms with Gasteiger partial charge in [0.25, 0.3) is 0 Å². The van der Waals surface area contributed by atoms with Crippen LogP contribution in [0.2, 0.25) is 0 Å². The number of rotatable bonds is 5. The second-order valence-corrected chi connectivity index (χ2v) is 5.56. The van der Waals surface area contributed by atoms with Crippen LogP contribution in [0, 0.1) is 6.92 Å². The summed E-state index contributed by atoms with van der Waals surface area (Å²) >= 11 is 0. The van der Waals surface area contributed by atoms with Gasteiger partial charge in [0, 0.05) is 25.8 Å². The molecule has 1 N–H and O–H groups in total. The van der Waals surface area contributed by atoms with Crippen molar-refractivity contribution in [3.8, 4) is 0 Å². The fraction of sp³-hybridized carbons (Fsp3) is 0.688. The first-order valence-corrected chi connectivity index (χ1v) is 7.68. The van der Waals surface area contributed by atoms with Crippen molar-refractivity contribution in [3.05, 3.63) is 29.6 Å². The molecular formula is C16H27N3. The maximum absolute atomic E-state index is 4.68. The molecule has 106 valence electrons. The van der Waals surface area contributed by atoms with E-state index in [2.05, 4.69) is 41.2 Å². The topological polar surface area (TPSA) is 28.2 Å². The summed E-state index contributed by atoms with van der Waals surface area (Å²) in [4.78, 5) is 7.29. The molecule has 1 aromatic heterocycles. The highest BCUT2D eigenvalue weighted by molar-refractivity contribution is 5.15. The lowest BCUT2D eigenvalue weighted by Gasteiger charge is -2.30. The second kappa shape index (κ2) is 7.61. The third kappa shape index (κ3) is 4.29. The molecule has 19 heavy (non-hydrogen) atoms. The molecule has 0 amide bonds. The summed E-state index contributed by atoms with van der Waals surface area (Å²) in [6.45, 7) is 8.96. The minimum Gasteiger partial charge on any atom is -0.315 e. The van der Waals surface area contributed by atoms with E-state index in [0.29, 0.717) is 6.04 Å². The third-order valence-electron chi connectivity index (χ3n) is 3.92. The summed E-state index contributed by atoms with van der Waals surface area (Å²) < 4.78 is 0. The zero-order chi connectivity index (χ0) is 13.5. The molecule has 3 nitrogen and oxygen atoms in total. The van der Waals surface area contributed by atoms with Gasteiger partial charge in [-0.3, -0.25) is 9.88 Å². The van der Waals surface area contributed by atoms with E-state index in [4.69, 9.17) is 0 Å². The average molecular weight is 261 g/mol. The number of aryl methyl sites for hydroxylation is 1. The minimum absolute atomic E-state index is 0.500. The molecule has 2 heterocycles. The average Bonchev–Trinajstić information content (AvgIpc) is 2.70. The molecular weight excluding hydrogens is 234 g/mol. The maximum atomic E-state index is 4.68. The normalized spacial score (nSPS) is 19.1. The third-order valence-corrected chi connectivity index (χ3v) is 3.92. The van der Waals surface area contributed by atoms with E-state index in [1.54, 1.807) is 0 Å². The molecule has 3 heteroatoms. The predicted octanol–water partition coefficient (Wildman–Crippen LogP) is 2.92. The molecule has 1 saturated heterocycles. The fourth-order valence-corrected chi connectivity index (χ4v) is 2.77. The van der Waals surface area contributed by atoms with E-state index >= 15 is 0 Å². The Hall–Kier alpha value is -0.930. The molecule has 1 unspecified atom stereocenters. The van der Waals surface area contributed by atoms with Gasteiger partial charge in [0.05, 0.1) is 11.7 Å². The Morgan fingerprint density at radius 3 is 2.95 bits per heavy atom. The lowest BCUT2D eigenvalue weighted by molar-refractivity contribution is 0.193. The minimum atomic E-state index is 0.500. The van der Waals surface area contributed by atoms with Crippen LogP contribution in [0.25, 0.3) is 0 Å². The molecule has 0 spiro atoms. The summed E-state index contributed by atoms with van der Waals surface area (Å²) in [6, 6.07) is 4.91. The van der Waals surface area contributed by atoms with Gasteiger partial charge in [-0.25, -0.2) is 0 Å². The Balaban J connectivity index is 2.11. The molecule has 0 aromatic carbocycles. The van der Waals surface area contributed by atoms with Gasteiger partial charge in [0.2, 0.25) is 0 Å². The standard InChI is InChI=1S/C16H27N3/c1-3-4-6-16(15-8-7-14(2)13-18-15)19-11-5-9-17-10-12-19/h7-8,13,16-17H,3-6,9-12H2,1-2H3. The number of unbranched alkanes of at least 4 members (excludes halogenated alkanes) is 1. The van der Waals surface area contributed by atoms with Gasteiger partial charge < -0.3 is 5.32 Å². The van der Waals surface area contributed by atoms with E-state index in [9.17, 15) is 0 Å². The van der Waals surface area contributed by atoms with Gasteiger partial charge in [0.15, 0.2) is 0 Å². The van der Waals surface area contributed by atoms with Gasteiger partial charge >= 0.3 is 0 Å². The molecule has 0 radical (unpaired) electrons. The Morgan fingerprint density at radius 2 is 2.21 bits per heavy atom. The highest BCUT2D eigenvalue weighted by Crippen LogP contribution is 2.25. The highest BCUT2D eigenvalue weighted by atomic mass is 15.2. The van der Waals surface area contributed by atoms with Crippen molar-refractivity contribution in [2.75, 3.05) is 26.2 Å². The van der Waals surface area contributed by atoms with Crippen LogP contribution in [0.15, 0.2) is 18.3 Å². The van der Waals surface area contributed by atoms with Crippen LogP contribution in [-0.4, -0.2) is 36.1 Å². The Morgan fingerprint density at radius 1 is 1.32 bits per heavy atom. The van der Waals surface area contributed by atoms with Gasteiger partial charge in [-0.1, -0.05) is 25.8 Å². The lowest BCUT2D eigenvalue weighted by Crippen LogP contribution is -2.32. The summed E-state index contributed by atoms with van der Waals surface area (Å²) in [5, 5.41) is 3.49. The quantitative estimate of drug-likeness (QED) is 0.883. The zero-order valence-corrected chi connectivity index (χ0v) is 12.4. The van der Waals surface area contributed by atoms with Crippen molar-refractivity contribution in [2.45, 2.75) is 45.6 Å². The number of hydrogen-bond donors (Lipinski definition) is 1.